The summed E-state index contributed by atoms with van der Waals surface area (Å²) in [5, 5.41) is 30.7. The molecule has 1 spiro atoms. The number of nitrogens with one attached hydrogen (secondary N) is 1. The zero-order valence-electron chi connectivity index (χ0n) is 23.1. The summed E-state index contributed by atoms with van der Waals surface area (Å²) in [7, 11) is 0. The Labute approximate surface area is 238 Å². The molecule has 1 saturated heterocycles. The number of carbonyl (C=O) groups excluding carboxylic acids is 1. The molecule has 1 amide bonds. The van der Waals surface area contributed by atoms with Gasteiger partial charge in [0, 0.05) is 48.4 Å². The van der Waals surface area contributed by atoms with Gasteiger partial charge in [-0.15, -0.1) is 0 Å². The number of fused-ring (bicyclic) bond motifs is 6. The normalized spacial score (nSPS) is 29.3. The third-order valence-electron chi connectivity index (χ3n) is 11.1. The van der Waals surface area contributed by atoms with Gasteiger partial charge in [-0.1, -0.05) is 42.5 Å². The molecule has 0 unspecified atom stereocenters. The molecule has 0 radical (unpaired) electrons. The summed E-state index contributed by atoms with van der Waals surface area (Å²) in [5.41, 5.74) is 4.11. The fourth-order valence-electron chi connectivity index (χ4n) is 9.25. The molecule has 7 heteroatoms. The van der Waals surface area contributed by atoms with Crippen molar-refractivity contribution >= 4 is 28.1 Å². The standard InChI is InChI=1S/C34H35N3O4/c38-19-35-13-3-14-37-29-23-5-2-1-4-21(23)8-10-24(29)25-17-34(40)27-16-22-9-11-26(39)31-28(22)33(34,32(41-31)30(25)37)12-15-36(27)18-20-6-7-20/h1-2,4-5,8-11,19-20,27,32,39-40H,3,6-7,12-18H2,(H,35,38)/t27-,32+,33+,34-/m1/s1. The van der Waals surface area contributed by atoms with Gasteiger partial charge in [0.2, 0.25) is 6.41 Å². The highest BCUT2D eigenvalue weighted by Gasteiger charge is 2.73. The second-order valence-corrected chi connectivity index (χ2v) is 13.1. The van der Waals surface area contributed by atoms with E-state index in [0.717, 1.165) is 62.5 Å². The topological polar surface area (TPSA) is 87.0 Å². The van der Waals surface area contributed by atoms with E-state index < -0.39 is 17.1 Å². The number of hydrogen-bond donors (Lipinski definition) is 3. The van der Waals surface area contributed by atoms with Crippen molar-refractivity contribution in [3.8, 4) is 11.5 Å². The van der Waals surface area contributed by atoms with Crippen LogP contribution in [0.25, 0.3) is 21.7 Å². The van der Waals surface area contributed by atoms with E-state index in [2.05, 4.69) is 57.2 Å². The first-order valence-corrected chi connectivity index (χ1v) is 15.2. The Balaban J connectivity index is 1.32. The molecular weight excluding hydrogens is 514 g/mol. The highest BCUT2D eigenvalue weighted by atomic mass is 16.5. The molecule has 7 nitrogen and oxygen atoms in total. The summed E-state index contributed by atoms with van der Waals surface area (Å²) in [6, 6.07) is 16.8. The van der Waals surface area contributed by atoms with Crippen LogP contribution in [-0.4, -0.2) is 57.4 Å². The smallest absolute Gasteiger partial charge is 0.207 e. The minimum Gasteiger partial charge on any atom is -0.504 e. The largest absolute Gasteiger partial charge is 0.504 e. The van der Waals surface area contributed by atoms with E-state index in [9.17, 15) is 15.0 Å². The highest BCUT2D eigenvalue weighted by Crippen LogP contribution is 2.69. The number of ether oxygens (including phenoxy) is 1. The van der Waals surface area contributed by atoms with E-state index in [1.54, 1.807) is 6.07 Å². The number of piperidine rings is 1. The van der Waals surface area contributed by atoms with Gasteiger partial charge in [0.05, 0.1) is 22.2 Å². The van der Waals surface area contributed by atoms with Crippen molar-refractivity contribution in [3.05, 3.63) is 70.9 Å². The predicted octanol–water partition coefficient (Wildman–Crippen LogP) is 4.34. The number of amides is 1. The number of phenolic OH excluding ortho intramolecular Hbond substituents is 1. The molecule has 3 N–H and O–H groups in total. The van der Waals surface area contributed by atoms with Crippen molar-refractivity contribution in [1.82, 2.24) is 14.8 Å². The molecule has 1 aromatic heterocycles. The lowest BCUT2D eigenvalue weighted by atomic mass is 9.49. The molecule has 210 valence electrons. The van der Waals surface area contributed by atoms with Crippen molar-refractivity contribution in [2.24, 2.45) is 5.92 Å². The summed E-state index contributed by atoms with van der Waals surface area (Å²) < 4.78 is 9.34. The Kier molecular flexibility index (Phi) is 4.86. The Morgan fingerprint density at radius 3 is 2.83 bits per heavy atom. The molecule has 2 aliphatic heterocycles. The number of carbonyl (C=O) groups is 1. The minimum atomic E-state index is -1.01. The first-order valence-electron chi connectivity index (χ1n) is 15.2. The Morgan fingerprint density at radius 2 is 1.98 bits per heavy atom. The first kappa shape index (κ1) is 24.1. The summed E-state index contributed by atoms with van der Waals surface area (Å²) in [6.07, 6.45) is 5.87. The maximum Gasteiger partial charge on any atom is 0.207 e. The zero-order valence-corrected chi connectivity index (χ0v) is 23.1. The van der Waals surface area contributed by atoms with Crippen LogP contribution in [0.3, 0.4) is 0 Å². The van der Waals surface area contributed by atoms with Gasteiger partial charge in [0.25, 0.3) is 0 Å². The Bertz CT molecular complexity index is 1760. The molecule has 1 saturated carbocycles. The molecule has 2 fully saturated rings. The Morgan fingerprint density at radius 1 is 1.10 bits per heavy atom. The van der Waals surface area contributed by atoms with Crippen LogP contribution >= 0.6 is 0 Å². The van der Waals surface area contributed by atoms with E-state index in [-0.39, 0.29) is 11.8 Å². The molecule has 3 aromatic carbocycles. The van der Waals surface area contributed by atoms with E-state index in [1.165, 1.54) is 45.6 Å². The number of aromatic nitrogens is 1. The fraction of sp³-hybridized carbons (Fsp3) is 0.441. The molecule has 9 rings (SSSR count). The van der Waals surface area contributed by atoms with Crippen LogP contribution in [0.1, 0.15) is 54.2 Å². The fourth-order valence-corrected chi connectivity index (χ4v) is 9.25. The SMILES string of the molecule is O=CNCCCn1c2c(c3ccc4ccccc4c31)C[C@@]1(O)[C@H]3Cc4ccc(O)c5c4[C@@]1(CCN3CC1CC1)[C@H]2O5. The number of aromatic hydroxyl groups is 1. The van der Waals surface area contributed by atoms with Gasteiger partial charge in [-0.25, -0.2) is 0 Å². The van der Waals surface area contributed by atoms with E-state index in [4.69, 9.17) is 4.74 Å². The van der Waals surface area contributed by atoms with Gasteiger partial charge in [-0.2, -0.15) is 0 Å². The van der Waals surface area contributed by atoms with Crippen LogP contribution in [0.2, 0.25) is 0 Å². The average Bonchev–Trinajstić information content (AvgIpc) is 3.65. The van der Waals surface area contributed by atoms with Crippen LogP contribution in [-0.2, 0) is 29.6 Å². The summed E-state index contributed by atoms with van der Waals surface area (Å²) >= 11 is 0. The second-order valence-electron chi connectivity index (χ2n) is 13.1. The van der Waals surface area contributed by atoms with Gasteiger partial charge < -0.3 is 24.8 Å². The van der Waals surface area contributed by atoms with Crippen molar-refractivity contribution < 1.29 is 19.7 Å². The number of rotatable bonds is 7. The van der Waals surface area contributed by atoms with Crippen molar-refractivity contribution in [3.63, 3.8) is 0 Å². The lowest BCUT2D eigenvalue weighted by Crippen LogP contribution is -2.74. The Hall–Kier alpha value is -3.55. The van der Waals surface area contributed by atoms with Gasteiger partial charge in [0.1, 0.15) is 0 Å². The van der Waals surface area contributed by atoms with Gasteiger partial charge in [-0.05, 0) is 67.1 Å². The van der Waals surface area contributed by atoms with Crippen LogP contribution in [0.15, 0.2) is 48.5 Å². The first-order chi connectivity index (χ1) is 20.0. The van der Waals surface area contributed by atoms with Crippen molar-refractivity contribution in [2.45, 2.75) is 68.2 Å². The second kappa shape index (κ2) is 8.26. The average molecular weight is 550 g/mol. The van der Waals surface area contributed by atoms with Crippen LogP contribution in [0.4, 0.5) is 0 Å². The lowest BCUT2D eigenvalue weighted by molar-refractivity contribution is -0.173. The molecule has 4 aromatic rings. The maximum absolute atomic E-state index is 13.2. The summed E-state index contributed by atoms with van der Waals surface area (Å²) in [6.45, 7) is 3.30. The quantitative estimate of drug-likeness (QED) is 0.236. The monoisotopic (exact) mass is 549 g/mol. The minimum absolute atomic E-state index is 0.00902. The summed E-state index contributed by atoms with van der Waals surface area (Å²) in [5.74, 6) is 1.48. The number of aliphatic hydroxyl groups is 1. The number of nitrogens with zero attached hydrogens (tertiary/aromatic N) is 2. The molecule has 41 heavy (non-hydrogen) atoms. The van der Waals surface area contributed by atoms with Crippen LogP contribution < -0.4 is 10.1 Å². The number of aryl methyl sites for hydroxylation is 1. The molecule has 2 bridgehead atoms. The van der Waals surface area contributed by atoms with Crippen LogP contribution in [0.5, 0.6) is 11.5 Å². The third kappa shape index (κ3) is 2.98. The van der Waals surface area contributed by atoms with Crippen LogP contribution in [0, 0.1) is 5.92 Å². The van der Waals surface area contributed by atoms with Gasteiger partial charge in [0.15, 0.2) is 17.6 Å². The van der Waals surface area contributed by atoms with Crippen molar-refractivity contribution in [1.29, 1.82) is 0 Å². The molecule has 3 heterocycles. The number of benzene rings is 3. The number of phenols is 1. The van der Waals surface area contributed by atoms with Gasteiger partial charge in [-0.3, -0.25) is 9.69 Å². The molecule has 4 atom stereocenters. The van der Waals surface area contributed by atoms with Gasteiger partial charge >= 0.3 is 0 Å². The van der Waals surface area contributed by atoms with Crippen molar-refractivity contribution in [2.75, 3.05) is 19.6 Å². The maximum atomic E-state index is 13.2. The molecular formula is C34H35N3O4. The van der Waals surface area contributed by atoms with E-state index in [0.29, 0.717) is 18.7 Å². The van der Waals surface area contributed by atoms with E-state index in [1.807, 2.05) is 0 Å². The lowest BCUT2D eigenvalue weighted by Gasteiger charge is -2.63. The molecule has 5 aliphatic rings. The predicted molar refractivity (Wildman–Crippen MR) is 156 cm³/mol. The highest BCUT2D eigenvalue weighted by molar-refractivity contribution is 6.08. The third-order valence-corrected chi connectivity index (χ3v) is 11.1. The summed E-state index contributed by atoms with van der Waals surface area (Å²) in [4.78, 5) is 13.6. The number of hydrogen-bond acceptors (Lipinski definition) is 5. The zero-order chi connectivity index (χ0) is 27.5. The molecule has 3 aliphatic carbocycles. The van der Waals surface area contributed by atoms with E-state index >= 15 is 0 Å². The number of likely N-dealkylation sites (tertiary alicyclic amines) is 1.